The van der Waals surface area contributed by atoms with Crippen LogP contribution >= 0.6 is 11.8 Å². The number of thioether (sulfide) groups is 1. The van der Waals surface area contributed by atoms with Gasteiger partial charge in [0, 0.05) is 16.7 Å². The van der Waals surface area contributed by atoms with E-state index in [1.165, 1.54) is 31.0 Å². The molecule has 0 aliphatic rings. The van der Waals surface area contributed by atoms with Crippen molar-refractivity contribution in [2.24, 2.45) is 0 Å². The van der Waals surface area contributed by atoms with Crippen LogP contribution in [-0.4, -0.2) is 28.9 Å². The maximum Gasteiger partial charge on any atom is 0.304 e. The largest absolute Gasteiger partial charge is 0.496 e. The second-order valence-corrected chi connectivity index (χ2v) is 4.28. The number of aliphatic carboxylic acids is 1. The minimum absolute atomic E-state index is 0.00960. The molecule has 0 heterocycles. The monoisotopic (exact) mass is 257 g/mol. The van der Waals surface area contributed by atoms with Gasteiger partial charge in [0.25, 0.3) is 5.69 Å². The van der Waals surface area contributed by atoms with E-state index in [-0.39, 0.29) is 12.1 Å². The van der Waals surface area contributed by atoms with E-state index in [1.807, 2.05) is 0 Å². The number of non-ortho nitro benzene ring substituents is 1. The molecule has 0 saturated heterocycles. The molecule has 0 saturated carbocycles. The van der Waals surface area contributed by atoms with Gasteiger partial charge in [-0.1, -0.05) is 0 Å². The number of methoxy groups -OCH3 is 1. The number of nitrogens with zero attached hydrogens (tertiary/aromatic N) is 1. The summed E-state index contributed by atoms with van der Waals surface area (Å²) in [5.41, 5.74) is -0.0674. The van der Waals surface area contributed by atoms with Gasteiger partial charge in [0.2, 0.25) is 0 Å². The smallest absolute Gasteiger partial charge is 0.304 e. The van der Waals surface area contributed by atoms with Crippen LogP contribution in [0, 0.1) is 10.1 Å². The average molecular weight is 257 g/mol. The van der Waals surface area contributed by atoms with Gasteiger partial charge in [-0.05, 0) is 6.07 Å². The zero-order chi connectivity index (χ0) is 12.8. The van der Waals surface area contributed by atoms with E-state index in [1.54, 1.807) is 6.07 Å². The Kier molecular flexibility index (Phi) is 4.77. The summed E-state index contributed by atoms with van der Waals surface area (Å²) >= 11 is 1.24. The van der Waals surface area contributed by atoms with E-state index in [2.05, 4.69) is 0 Å². The summed E-state index contributed by atoms with van der Waals surface area (Å²) in [5, 5.41) is 19.1. The summed E-state index contributed by atoms with van der Waals surface area (Å²) in [6.45, 7) is 0. The SMILES string of the molecule is COc1cc(SCCC(=O)O)cc([N+](=O)[O-])c1. The number of carboxylic acids is 1. The molecule has 0 aliphatic heterocycles. The summed E-state index contributed by atoms with van der Waals surface area (Å²) < 4.78 is 4.94. The fourth-order valence-corrected chi connectivity index (χ4v) is 2.04. The fraction of sp³-hybridized carbons (Fsp3) is 0.300. The number of ether oxygens (including phenoxy) is 1. The van der Waals surface area contributed by atoms with Gasteiger partial charge in [-0.3, -0.25) is 14.9 Å². The minimum atomic E-state index is -0.894. The number of hydrogen-bond acceptors (Lipinski definition) is 5. The molecule has 1 aromatic carbocycles. The topological polar surface area (TPSA) is 89.7 Å². The van der Waals surface area contributed by atoms with Crippen LogP contribution in [0.2, 0.25) is 0 Å². The van der Waals surface area contributed by atoms with Crippen LogP contribution in [0.15, 0.2) is 23.1 Å². The van der Waals surface area contributed by atoms with Crippen LogP contribution in [0.5, 0.6) is 5.75 Å². The van der Waals surface area contributed by atoms with Gasteiger partial charge < -0.3 is 9.84 Å². The highest BCUT2D eigenvalue weighted by Crippen LogP contribution is 2.29. The third kappa shape index (κ3) is 4.31. The van der Waals surface area contributed by atoms with E-state index < -0.39 is 10.9 Å². The van der Waals surface area contributed by atoms with Crippen LogP contribution in [0.25, 0.3) is 0 Å². The molecule has 92 valence electrons. The first-order valence-electron chi connectivity index (χ1n) is 4.71. The van der Waals surface area contributed by atoms with E-state index in [4.69, 9.17) is 9.84 Å². The molecular formula is C10H11NO5S. The Balaban J connectivity index is 2.80. The van der Waals surface area contributed by atoms with Crippen LogP contribution in [0.4, 0.5) is 5.69 Å². The number of carboxylic acid groups (broad SMARTS) is 1. The molecule has 7 heteroatoms. The molecule has 0 fully saturated rings. The summed E-state index contributed by atoms with van der Waals surface area (Å²) in [6.07, 6.45) is 0.00960. The predicted octanol–water partition coefficient (Wildman–Crippen LogP) is 2.17. The van der Waals surface area contributed by atoms with Crippen molar-refractivity contribution in [3.63, 3.8) is 0 Å². The van der Waals surface area contributed by atoms with Crippen LogP contribution in [0.3, 0.4) is 0 Å². The first kappa shape index (κ1) is 13.3. The van der Waals surface area contributed by atoms with Crippen molar-refractivity contribution < 1.29 is 19.6 Å². The van der Waals surface area contributed by atoms with Crippen molar-refractivity contribution in [1.82, 2.24) is 0 Å². The molecule has 0 aliphatic carbocycles. The Morgan fingerprint density at radius 3 is 2.76 bits per heavy atom. The van der Waals surface area contributed by atoms with Gasteiger partial charge in [0.15, 0.2) is 0 Å². The zero-order valence-electron chi connectivity index (χ0n) is 9.08. The summed E-state index contributed by atoms with van der Waals surface area (Å²) in [5.74, 6) is -0.147. The Bertz CT molecular complexity index is 435. The third-order valence-corrected chi connectivity index (χ3v) is 2.87. The standard InChI is InChI=1S/C10H11NO5S/c1-16-8-4-7(11(14)15)5-9(6-8)17-3-2-10(12)13/h4-6H,2-3H2,1H3,(H,12,13). The van der Waals surface area contributed by atoms with E-state index in [0.717, 1.165) is 0 Å². The van der Waals surface area contributed by atoms with Crippen LogP contribution < -0.4 is 4.74 Å². The van der Waals surface area contributed by atoms with Crippen molar-refractivity contribution in [3.8, 4) is 5.75 Å². The van der Waals surface area contributed by atoms with Crippen molar-refractivity contribution in [1.29, 1.82) is 0 Å². The first-order chi connectivity index (χ1) is 8.02. The lowest BCUT2D eigenvalue weighted by Gasteiger charge is -2.04. The summed E-state index contributed by atoms with van der Waals surface area (Å²) in [6, 6.07) is 4.36. The highest BCUT2D eigenvalue weighted by atomic mass is 32.2. The fourth-order valence-electron chi connectivity index (χ4n) is 1.12. The molecule has 0 bridgehead atoms. The molecule has 0 aromatic heterocycles. The van der Waals surface area contributed by atoms with Crippen molar-refractivity contribution in [2.45, 2.75) is 11.3 Å². The van der Waals surface area contributed by atoms with Crippen molar-refractivity contribution in [3.05, 3.63) is 28.3 Å². The zero-order valence-corrected chi connectivity index (χ0v) is 9.90. The van der Waals surface area contributed by atoms with Crippen molar-refractivity contribution in [2.75, 3.05) is 12.9 Å². The lowest BCUT2D eigenvalue weighted by atomic mass is 10.3. The molecule has 1 rings (SSSR count). The highest BCUT2D eigenvalue weighted by Gasteiger charge is 2.10. The maximum absolute atomic E-state index is 10.6. The van der Waals surface area contributed by atoms with Gasteiger partial charge in [-0.25, -0.2) is 0 Å². The second-order valence-electron chi connectivity index (χ2n) is 3.12. The molecule has 0 unspecified atom stereocenters. The number of nitro groups is 1. The number of benzene rings is 1. The van der Waals surface area contributed by atoms with Gasteiger partial charge >= 0.3 is 5.97 Å². The molecule has 17 heavy (non-hydrogen) atoms. The predicted molar refractivity (Wildman–Crippen MR) is 62.6 cm³/mol. The summed E-state index contributed by atoms with van der Waals surface area (Å²) in [4.78, 5) is 21.1. The quantitative estimate of drug-likeness (QED) is 0.477. The summed E-state index contributed by atoms with van der Waals surface area (Å²) in [7, 11) is 1.42. The minimum Gasteiger partial charge on any atom is -0.496 e. The van der Waals surface area contributed by atoms with E-state index in [0.29, 0.717) is 16.4 Å². The number of nitro benzene ring substituents is 1. The first-order valence-corrected chi connectivity index (χ1v) is 5.69. The normalized spacial score (nSPS) is 9.94. The van der Waals surface area contributed by atoms with E-state index in [9.17, 15) is 14.9 Å². The van der Waals surface area contributed by atoms with Crippen LogP contribution in [-0.2, 0) is 4.79 Å². The van der Waals surface area contributed by atoms with Crippen molar-refractivity contribution >= 4 is 23.4 Å². The average Bonchev–Trinajstić information content (AvgIpc) is 2.28. The molecule has 0 atom stereocenters. The molecule has 1 aromatic rings. The Hall–Kier alpha value is -1.76. The maximum atomic E-state index is 10.6. The number of carbonyl (C=O) groups is 1. The molecule has 0 amide bonds. The Morgan fingerprint density at radius 2 is 2.24 bits per heavy atom. The molecule has 0 radical (unpaired) electrons. The third-order valence-electron chi connectivity index (χ3n) is 1.90. The molecule has 0 spiro atoms. The lowest BCUT2D eigenvalue weighted by molar-refractivity contribution is -0.385. The molecule has 6 nitrogen and oxygen atoms in total. The van der Waals surface area contributed by atoms with Gasteiger partial charge in [-0.2, -0.15) is 0 Å². The van der Waals surface area contributed by atoms with Gasteiger partial charge in [0.1, 0.15) is 5.75 Å². The molecular weight excluding hydrogens is 246 g/mol. The number of rotatable bonds is 6. The molecule has 1 N–H and O–H groups in total. The highest BCUT2D eigenvalue weighted by molar-refractivity contribution is 7.99. The van der Waals surface area contributed by atoms with E-state index >= 15 is 0 Å². The Labute approximate surface area is 102 Å². The van der Waals surface area contributed by atoms with Gasteiger partial charge in [0.05, 0.1) is 24.5 Å². The number of hydrogen-bond donors (Lipinski definition) is 1. The Morgan fingerprint density at radius 1 is 1.53 bits per heavy atom. The van der Waals surface area contributed by atoms with Gasteiger partial charge in [-0.15, -0.1) is 11.8 Å². The lowest BCUT2D eigenvalue weighted by Crippen LogP contribution is -1.96. The van der Waals surface area contributed by atoms with Crippen LogP contribution in [0.1, 0.15) is 6.42 Å². The second kappa shape index (κ2) is 6.09.